The van der Waals surface area contributed by atoms with E-state index in [1.54, 1.807) is 7.11 Å². The van der Waals surface area contributed by atoms with Crippen LogP contribution in [0.25, 0.3) is 0 Å². The summed E-state index contributed by atoms with van der Waals surface area (Å²) in [5, 5.41) is 7.11. The second-order valence-electron chi connectivity index (χ2n) is 8.09. The Balaban J connectivity index is 1.42. The van der Waals surface area contributed by atoms with E-state index in [1.165, 1.54) is 25.9 Å². The molecule has 0 aliphatic carbocycles. The summed E-state index contributed by atoms with van der Waals surface area (Å²) in [5.74, 6) is 2.75. The standard InChI is InChI=1S/C22H38N6O/c1-3-23-22(25-18-19-7-12-27(13-8-19)16-17-29-2)26-20-9-14-28(15-10-20)21-6-4-5-11-24-21/h4-6,11,19-20H,3,7-10,12-18H2,1-2H3,(H2,23,25,26). The summed E-state index contributed by atoms with van der Waals surface area (Å²) in [6.07, 6.45) is 6.56. The van der Waals surface area contributed by atoms with Gasteiger partial charge in [-0.05, 0) is 63.7 Å². The molecule has 0 amide bonds. The molecule has 0 unspecified atom stereocenters. The number of guanidine groups is 1. The van der Waals surface area contributed by atoms with Gasteiger partial charge in [-0.2, -0.15) is 0 Å². The third-order valence-corrected chi connectivity index (χ3v) is 5.98. The van der Waals surface area contributed by atoms with Gasteiger partial charge in [0.25, 0.3) is 0 Å². The van der Waals surface area contributed by atoms with Crippen LogP contribution in [0.5, 0.6) is 0 Å². The van der Waals surface area contributed by atoms with Crippen LogP contribution in [-0.2, 0) is 4.74 Å². The van der Waals surface area contributed by atoms with Gasteiger partial charge in [0.05, 0.1) is 6.61 Å². The van der Waals surface area contributed by atoms with Crippen LogP contribution >= 0.6 is 0 Å². The SMILES string of the molecule is CCNC(=NCC1CCN(CCOC)CC1)NC1CCN(c2ccccn2)CC1. The molecular formula is C22H38N6O. The van der Waals surface area contributed by atoms with Crippen molar-refractivity contribution in [2.24, 2.45) is 10.9 Å². The van der Waals surface area contributed by atoms with Gasteiger partial charge >= 0.3 is 0 Å². The lowest BCUT2D eigenvalue weighted by Gasteiger charge is -2.34. The number of hydrogen-bond donors (Lipinski definition) is 2. The van der Waals surface area contributed by atoms with E-state index in [0.29, 0.717) is 12.0 Å². The number of anilines is 1. The van der Waals surface area contributed by atoms with Crippen LogP contribution in [-0.4, -0.2) is 81.4 Å². The van der Waals surface area contributed by atoms with Crippen molar-refractivity contribution in [3.05, 3.63) is 24.4 Å². The number of aliphatic imine (C=N–C) groups is 1. The molecule has 7 nitrogen and oxygen atoms in total. The maximum Gasteiger partial charge on any atom is 0.191 e. The molecule has 2 N–H and O–H groups in total. The largest absolute Gasteiger partial charge is 0.383 e. The fourth-order valence-corrected chi connectivity index (χ4v) is 4.14. The Morgan fingerprint density at radius 1 is 1.17 bits per heavy atom. The molecule has 0 radical (unpaired) electrons. The van der Waals surface area contributed by atoms with Crippen LogP contribution in [0.1, 0.15) is 32.6 Å². The van der Waals surface area contributed by atoms with Crippen LogP contribution in [0.3, 0.4) is 0 Å². The maximum absolute atomic E-state index is 5.19. The minimum Gasteiger partial charge on any atom is -0.383 e. The average molecular weight is 403 g/mol. The molecule has 2 fully saturated rings. The molecule has 0 aromatic carbocycles. The topological polar surface area (TPSA) is 65.0 Å². The number of nitrogens with zero attached hydrogens (tertiary/aromatic N) is 4. The molecule has 1 aromatic heterocycles. The van der Waals surface area contributed by atoms with Crippen LogP contribution in [0.15, 0.2) is 29.4 Å². The number of ether oxygens (including phenoxy) is 1. The molecule has 29 heavy (non-hydrogen) atoms. The Morgan fingerprint density at radius 2 is 1.97 bits per heavy atom. The van der Waals surface area contributed by atoms with Crippen LogP contribution < -0.4 is 15.5 Å². The summed E-state index contributed by atoms with van der Waals surface area (Å²) in [6.45, 7) is 10.2. The molecule has 3 heterocycles. The van der Waals surface area contributed by atoms with Gasteiger partial charge in [0.2, 0.25) is 0 Å². The fraction of sp³-hybridized carbons (Fsp3) is 0.727. The predicted octanol–water partition coefficient (Wildman–Crippen LogP) is 1.96. The average Bonchev–Trinajstić information content (AvgIpc) is 2.78. The Kier molecular flexibility index (Phi) is 9.02. The lowest BCUT2D eigenvalue weighted by Crippen LogP contribution is -2.49. The van der Waals surface area contributed by atoms with Crippen molar-refractivity contribution >= 4 is 11.8 Å². The van der Waals surface area contributed by atoms with Gasteiger partial charge in [0, 0.05) is 52.1 Å². The van der Waals surface area contributed by atoms with Crippen molar-refractivity contribution in [3.8, 4) is 0 Å². The highest BCUT2D eigenvalue weighted by Crippen LogP contribution is 2.18. The van der Waals surface area contributed by atoms with Gasteiger partial charge in [0.15, 0.2) is 5.96 Å². The van der Waals surface area contributed by atoms with Gasteiger partial charge in [-0.25, -0.2) is 4.98 Å². The second-order valence-corrected chi connectivity index (χ2v) is 8.09. The Morgan fingerprint density at radius 3 is 2.62 bits per heavy atom. The zero-order valence-electron chi connectivity index (χ0n) is 18.1. The normalized spacial score (nSPS) is 20.1. The summed E-state index contributed by atoms with van der Waals surface area (Å²) in [5.41, 5.74) is 0. The number of hydrogen-bond acceptors (Lipinski definition) is 5. The zero-order valence-corrected chi connectivity index (χ0v) is 18.1. The van der Waals surface area contributed by atoms with E-state index >= 15 is 0 Å². The van der Waals surface area contributed by atoms with Crippen molar-refractivity contribution in [2.45, 2.75) is 38.6 Å². The second kappa shape index (κ2) is 12.0. The Hall–Kier alpha value is -1.86. The first-order chi connectivity index (χ1) is 14.3. The van der Waals surface area contributed by atoms with Crippen molar-refractivity contribution in [2.75, 3.05) is 64.4 Å². The molecule has 0 atom stereocenters. The molecule has 0 bridgehead atoms. The van der Waals surface area contributed by atoms with E-state index in [-0.39, 0.29) is 0 Å². The first kappa shape index (κ1) is 21.8. The monoisotopic (exact) mass is 402 g/mol. The van der Waals surface area contributed by atoms with E-state index < -0.39 is 0 Å². The van der Waals surface area contributed by atoms with Gasteiger partial charge in [-0.3, -0.25) is 4.99 Å². The lowest BCUT2D eigenvalue weighted by atomic mass is 9.97. The van der Waals surface area contributed by atoms with E-state index in [0.717, 1.165) is 63.9 Å². The molecule has 3 rings (SSSR count). The van der Waals surface area contributed by atoms with Crippen molar-refractivity contribution < 1.29 is 4.74 Å². The minimum absolute atomic E-state index is 0.476. The Labute approximate surface area is 175 Å². The number of aromatic nitrogens is 1. The summed E-state index contributed by atoms with van der Waals surface area (Å²) in [6, 6.07) is 6.61. The van der Waals surface area contributed by atoms with E-state index in [2.05, 4.69) is 44.5 Å². The number of methoxy groups -OCH3 is 1. The number of likely N-dealkylation sites (tertiary alicyclic amines) is 1. The van der Waals surface area contributed by atoms with Crippen LogP contribution in [0.2, 0.25) is 0 Å². The van der Waals surface area contributed by atoms with Crippen LogP contribution in [0, 0.1) is 5.92 Å². The van der Waals surface area contributed by atoms with E-state index in [9.17, 15) is 0 Å². The summed E-state index contributed by atoms with van der Waals surface area (Å²) in [4.78, 5) is 14.3. The lowest BCUT2D eigenvalue weighted by molar-refractivity contribution is 0.121. The molecular weight excluding hydrogens is 364 g/mol. The minimum atomic E-state index is 0.476. The van der Waals surface area contributed by atoms with Crippen molar-refractivity contribution in [1.82, 2.24) is 20.5 Å². The van der Waals surface area contributed by atoms with E-state index in [1.807, 2.05) is 12.3 Å². The van der Waals surface area contributed by atoms with Crippen LogP contribution in [0.4, 0.5) is 5.82 Å². The molecule has 7 heteroatoms. The van der Waals surface area contributed by atoms with Crippen molar-refractivity contribution in [1.29, 1.82) is 0 Å². The smallest absolute Gasteiger partial charge is 0.191 e. The number of piperidine rings is 2. The summed E-state index contributed by atoms with van der Waals surface area (Å²) < 4.78 is 5.19. The van der Waals surface area contributed by atoms with E-state index in [4.69, 9.17) is 9.73 Å². The maximum atomic E-state index is 5.19. The first-order valence-corrected chi connectivity index (χ1v) is 11.2. The van der Waals surface area contributed by atoms with Gasteiger partial charge in [-0.15, -0.1) is 0 Å². The highest BCUT2D eigenvalue weighted by atomic mass is 16.5. The third kappa shape index (κ3) is 7.16. The quantitative estimate of drug-likeness (QED) is 0.512. The fourth-order valence-electron chi connectivity index (χ4n) is 4.14. The number of pyridine rings is 1. The summed E-state index contributed by atoms with van der Waals surface area (Å²) in [7, 11) is 1.78. The molecule has 0 spiro atoms. The summed E-state index contributed by atoms with van der Waals surface area (Å²) >= 11 is 0. The molecule has 2 aliphatic rings. The predicted molar refractivity (Wildman–Crippen MR) is 120 cm³/mol. The Bertz CT molecular complexity index is 595. The first-order valence-electron chi connectivity index (χ1n) is 11.2. The van der Waals surface area contributed by atoms with Gasteiger partial charge in [0.1, 0.15) is 5.82 Å². The number of rotatable bonds is 8. The molecule has 0 saturated carbocycles. The highest BCUT2D eigenvalue weighted by molar-refractivity contribution is 5.80. The molecule has 162 valence electrons. The molecule has 2 aliphatic heterocycles. The zero-order chi connectivity index (χ0) is 20.3. The van der Waals surface area contributed by atoms with Gasteiger partial charge < -0.3 is 25.2 Å². The highest BCUT2D eigenvalue weighted by Gasteiger charge is 2.22. The third-order valence-electron chi connectivity index (χ3n) is 5.98. The number of nitrogens with one attached hydrogen (secondary N) is 2. The van der Waals surface area contributed by atoms with Gasteiger partial charge in [-0.1, -0.05) is 6.07 Å². The molecule has 2 saturated heterocycles. The van der Waals surface area contributed by atoms with Crippen molar-refractivity contribution in [3.63, 3.8) is 0 Å². The molecule has 1 aromatic rings.